The molecule has 11 aromatic rings. The van der Waals surface area contributed by atoms with Crippen molar-refractivity contribution in [2.75, 3.05) is 9.80 Å². The average molecular weight is 843 g/mol. The molecule has 13 rings (SSSR count). The van der Waals surface area contributed by atoms with Gasteiger partial charge in [-0.25, -0.2) is 0 Å². The van der Waals surface area contributed by atoms with E-state index in [1.165, 1.54) is 76.8 Å². The topological polar surface area (TPSA) is 6.48 Å². The number of hydrogen-bond donors (Lipinski definition) is 0. The summed E-state index contributed by atoms with van der Waals surface area (Å²) >= 11 is 0. The minimum absolute atomic E-state index is 0.373. The number of rotatable bonds is 6. The number of nitrogens with zero attached hydrogens (tertiary/aromatic N) is 2. The Labute approximate surface area is 386 Å². The van der Waals surface area contributed by atoms with Gasteiger partial charge in [-0.05, 0) is 127 Å². The molecule has 11 aromatic carbocycles. The molecule has 0 saturated heterocycles. The second kappa shape index (κ2) is 14.7. The van der Waals surface area contributed by atoms with Crippen molar-refractivity contribution in [3.05, 3.63) is 276 Å². The Morgan fingerprint density at radius 1 is 0.273 bits per heavy atom. The Morgan fingerprint density at radius 2 is 0.758 bits per heavy atom. The second-order valence-corrected chi connectivity index (χ2v) is 18.4. The van der Waals surface area contributed by atoms with Crippen molar-refractivity contribution < 1.29 is 0 Å². The van der Waals surface area contributed by atoms with E-state index in [0.29, 0.717) is 0 Å². The molecule has 0 fully saturated rings. The lowest BCUT2D eigenvalue weighted by Crippen LogP contribution is -2.41. The van der Waals surface area contributed by atoms with Gasteiger partial charge in [-0.1, -0.05) is 196 Å². The summed E-state index contributed by atoms with van der Waals surface area (Å²) in [5, 5.41) is 7.39. The maximum absolute atomic E-state index is 2.53. The highest BCUT2D eigenvalue weighted by atomic mass is 15.1. The van der Waals surface area contributed by atoms with Crippen LogP contribution < -0.4 is 9.80 Å². The normalized spacial score (nSPS) is 13.8. The zero-order valence-corrected chi connectivity index (χ0v) is 37.0. The van der Waals surface area contributed by atoms with E-state index in [-0.39, 0.29) is 5.41 Å². The van der Waals surface area contributed by atoms with Crippen molar-refractivity contribution in [2.45, 2.75) is 24.7 Å². The number of hydrogen-bond acceptors (Lipinski definition) is 2. The van der Waals surface area contributed by atoms with Crippen molar-refractivity contribution in [1.29, 1.82) is 0 Å². The standard InChI is InChI=1S/C64H46N2/c1-63(2)57-38-36-48(65(45-23-5-3-6-24-45)61-35-19-22-43-20-9-12-28-50(43)61)42-60(57)64(55-33-17-15-30-52(55)53-31-16-18-34-56(53)64)58-39-37-47(41-59(58)63)66(46-25-7-4-8-26-46)62-40-44-21-10-11-27-49(44)51-29-13-14-32-54(51)62/h3-42H,1-2H3. The molecule has 2 aliphatic carbocycles. The Balaban J connectivity index is 1.10. The van der Waals surface area contributed by atoms with Crippen molar-refractivity contribution in [1.82, 2.24) is 0 Å². The van der Waals surface area contributed by atoms with E-state index in [0.717, 1.165) is 34.1 Å². The molecule has 0 aromatic heterocycles. The summed E-state index contributed by atoms with van der Waals surface area (Å²) in [5.74, 6) is 0. The number of fused-ring (bicyclic) bond motifs is 13. The molecule has 1 spiro atoms. The lowest BCUT2D eigenvalue weighted by Gasteiger charge is -2.47. The second-order valence-electron chi connectivity index (χ2n) is 18.4. The minimum atomic E-state index is -0.587. The van der Waals surface area contributed by atoms with Gasteiger partial charge in [-0.2, -0.15) is 0 Å². The van der Waals surface area contributed by atoms with E-state index in [9.17, 15) is 0 Å². The van der Waals surface area contributed by atoms with Gasteiger partial charge < -0.3 is 9.80 Å². The Bertz CT molecular complexity index is 3650. The lowest BCUT2D eigenvalue weighted by atomic mass is 9.55. The highest BCUT2D eigenvalue weighted by Gasteiger charge is 2.53. The van der Waals surface area contributed by atoms with Crippen LogP contribution in [-0.2, 0) is 10.8 Å². The summed E-state index contributed by atoms with van der Waals surface area (Å²) in [6.07, 6.45) is 0. The van der Waals surface area contributed by atoms with Crippen LogP contribution in [0.5, 0.6) is 0 Å². The fourth-order valence-corrected chi connectivity index (χ4v) is 11.8. The summed E-state index contributed by atoms with van der Waals surface area (Å²) < 4.78 is 0. The minimum Gasteiger partial charge on any atom is -0.310 e. The van der Waals surface area contributed by atoms with E-state index < -0.39 is 5.41 Å². The molecule has 0 radical (unpaired) electrons. The van der Waals surface area contributed by atoms with Gasteiger partial charge in [0.1, 0.15) is 0 Å². The van der Waals surface area contributed by atoms with E-state index in [1.54, 1.807) is 0 Å². The van der Waals surface area contributed by atoms with Crippen LogP contribution in [0.4, 0.5) is 34.1 Å². The van der Waals surface area contributed by atoms with Crippen LogP contribution in [0.2, 0.25) is 0 Å². The molecule has 0 unspecified atom stereocenters. The number of benzene rings is 11. The Kier molecular flexibility index (Phi) is 8.51. The van der Waals surface area contributed by atoms with Gasteiger partial charge in [0.25, 0.3) is 0 Å². The first-order valence-corrected chi connectivity index (χ1v) is 23.1. The third-order valence-corrected chi connectivity index (χ3v) is 14.7. The summed E-state index contributed by atoms with van der Waals surface area (Å²) in [5.41, 5.74) is 16.4. The van der Waals surface area contributed by atoms with Gasteiger partial charge in [0.05, 0.1) is 16.8 Å². The quantitative estimate of drug-likeness (QED) is 0.154. The van der Waals surface area contributed by atoms with Crippen molar-refractivity contribution in [3.63, 3.8) is 0 Å². The van der Waals surface area contributed by atoms with E-state index >= 15 is 0 Å². The molecule has 0 amide bonds. The molecular formula is C64H46N2. The molecule has 0 atom stereocenters. The van der Waals surface area contributed by atoms with Crippen LogP contribution in [0.25, 0.3) is 43.4 Å². The highest BCUT2D eigenvalue weighted by Crippen LogP contribution is 2.63. The summed E-state index contributed by atoms with van der Waals surface area (Å²) in [4.78, 5) is 4.94. The molecule has 2 nitrogen and oxygen atoms in total. The molecule has 0 aliphatic heterocycles. The Morgan fingerprint density at radius 3 is 1.42 bits per heavy atom. The smallest absolute Gasteiger partial charge is 0.0720 e. The first-order valence-electron chi connectivity index (χ1n) is 23.1. The number of anilines is 6. The van der Waals surface area contributed by atoms with Gasteiger partial charge in [-0.3, -0.25) is 0 Å². The van der Waals surface area contributed by atoms with Crippen molar-refractivity contribution >= 4 is 66.4 Å². The predicted molar refractivity (Wildman–Crippen MR) is 278 cm³/mol. The molecule has 0 saturated carbocycles. The van der Waals surface area contributed by atoms with Crippen LogP contribution in [0.3, 0.4) is 0 Å². The van der Waals surface area contributed by atoms with Gasteiger partial charge in [0, 0.05) is 38.9 Å². The molecular weight excluding hydrogens is 797 g/mol. The van der Waals surface area contributed by atoms with Crippen molar-refractivity contribution in [3.8, 4) is 11.1 Å². The van der Waals surface area contributed by atoms with E-state index in [1.807, 2.05) is 0 Å². The largest absolute Gasteiger partial charge is 0.310 e. The van der Waals surface area contributed by atoms with Gasteiger partial charge in [0.15, 0.2) is 0 Å². The fourth-order valence-electron chi connectivity index (χ4n) is 11.8. The Hall–Kier alpha value is -8.20. The molecule has 2 aliphatic rings. The van der Waals surface area contributed by atoms with Crippen LogP contribution in [0, 0.1) is 0 Å². The molecule has 2 heteroatoms. The van der Waals surface area contributed by atoms with E-state index in [2.05, 4.69) is 266 Å². The van der Waals surface area contributed by atoms with Crippen LogP contribution in [-0.4, -0.2) is 0 Å². The average Bonchev–Trinajstić information content (AvgIpc) is 3.67. The number of para-hydroxylation sites is 2. The zero-order chi connectivity index (χ0) is 44.0. The molecule has 0 heterocycles. The summed E-state index contributed by atoms with van der Waals surface area (Å²) in [7, 11) is 0. The van der Waals surface area contributed by atoms with E-state index in [4.69, 9.17) is 0 Å². The van der Waals surface area contributed by atoms with Crippen LogP contribution >= 0.6 is 0 Å². The molecule has 66 heavy (non-hydrogen) atoms. The zero-order valence-electron chi connectivity index (χ0n) is 37.0. The molecule has 312 valence electrons. The van der Waals surface area contributed by atoms with Crippen LogP contribution in [0.15, 0.2) is 243 Å². The van der Waals surface area contributed by atoms with Crippen LogP contribution in [0.1, 0.15) is 47.2 Å². The monoisotopic (exact) mass is 842 g/mol. The maximum atomic E-state index is 2.53. The first-order chi connectivity index (χ1) is 32.5. The first kappa shape index (κ1) is 38.3. The highest BCUT2D eigenvalue weighted by molar-refractivity contribution is 6.14. The third-order valence-electron chi connectivity index (χ3n) is 14.7. The van der Waals surface area contributed by atoms with Gasteiger partial charge in [-0.15, -0.1) is 0 Å². The predicted octanol–water partition coefficient (Wildman–Crippen LogP) is 17.1. The van der Waals surface area contributed by atoms with Crippen molar-refractivity contribution in [2.24, 2.45) is 0 Å². The summed E-state index contributed by atoms with van der Waals surface area (Å²) in [6.45, 7) is 4.87. The molecule has 0 N–H and O–H groups in total. The van der Waals surface area contributed by atoms with Gasteiger partial charge >= 0.3 is 0 Å². The lowest BCUT2D eigenvalue weighted by molar-refractivity contribution is 0.563. The molecule has 0 bridgehead atoms. The SMILES string of the molecule is CC1(C)c2cc(N(c3ccccc3)c3cc4ccccc4c4ccccc34)ccc2C2(c3ccccc3-c3ccccc32)c2cc(N(c3ccccc3)c3cccc4ccccc34)ccc21. The maximum Gasteiger partial charge on any atom is 0.0720 e. The third kappa shape index (κ3) is 5.48. The van der Waals surface area contributed by atoms with Gasteiger partial charge in [0.2, 0.25) is 0 Å². The summed E-state index contributed by atoms with van der Waals surface area (Å²) in [6, 6.07) is 90.2. The fraction of sp³-hybridized carbons (Fsp3) is 0.0625.